The number of hydrogen-bond donors (Lipinski definition) is 0. The highest BCUT2D eigenvalue weighted by Gasteiger charge is 2.19. The van der Waals surface area contributed by atoms with Crippen LogP contribution in [0.3, 0.4) is 0 Å². The molecule has 72 heavy (non-hydrogen) atoms. The van der Waals surface area contributed by atoms with Crippen molar-refractivity contribution in [3.05, 3.63) is 273 Å². The van der Waals surface area contributed by atoms with Gasteiger partial charge in [-0.15, -0.1) is 0 Å². The molecular weight excluding hydrogens is 873 g/mol. The number of rotatable bonds is 10. The summed E-state index contributed by atoms with van der Waals surface area (Å²) in [4.78, 5) is 2.34. The van der Waals surface area contributed by atoms with Crippen LogP contribution in [0.25, 0.3) is 111 Å². The first kappa shape index (κ1) is 42.6. The minimum absolute atomic E-state index is 0.879. The second-order valence-electron chi connectivity index (χ2n) is 18.5. The van der Waals surface area contributed by atoms with Crippen LogP contribution in [-0.4, -0.2) is 4.57 Å². The molecular formula is C69H48N2O. The molecule has 0 bridgehead atoms. The zero-order chi connectivity index (χ0) is 48.1. The predicted octanol–water partition coefficient (Wildman–Crippen LogP) is 19.5. The Labute approximate surface area is 419 Å². The van der Waals surface area contributed by atoms with Gasteiger partial charge < -0.3 is 13.9 Å². The number of nitrogens with zero attached hydrogens (tertiary/aromatic N) is 2. The second kappa shape index (κ2) is 17.8. The molecule has 0 atom stereocenters. The Morgan fingerprint density at radius 3 is 1.38 bits per heavy atom. The van der Waals surface area contributed by atoms with Crippen LogP contribution in [0.2, 0.25) is 0 Å². The lowest BCUT2D eigenvalue weighted by Crippen LogP contribution is -2.09. The van der Waals surface area contributed by atoms with Gasteiger partial charge in [-0.1, -0.05) is 207 Å². The molecule has 0 saturated heterocycles. The number of para-hydroxylation sites is 4. The van der Waals surface area contributed by atoms with Crippen LogP contribution >= 0.6 is 0 Å². The summed E-state index contributed by atoms with van der Waals surface area (Å²) < 4.78 is 9.35. The fourth-order valence-corrected chi connectivity index (χ4v) is 10.9. The Balaban J connectivity index is 0.866. The highest BCUT2D eigenvalue weighted by molar-refractivity contribution is 6.13. The van der Waals surface area contributed by atoms with E-state index in [1.807, 2.05) is 12.2 Å². The van der Waals surface area contributed by atoms with E-state index in [0.717, 1.165) is 72.5 Å². The molecule has 13 rings (SSSR count). The Morgan fingerprint density at radius 1 is 0.389 bits per heavy atom. The zero-order valence-electron chi connectivity index (χ0n) is 39.8. The van der Waals surface area contributed by atoms with Crippen molar-refractivity contribution in [1.82, 2.24) is 4.57 Å². The standard InChI is InChI=1S/C69H48N2O/c1-3-4-18-56-46(2)15-11-22-57(56)48-30-38-52(39-31-48)70(53-40-32-49(33-41-53)59-23-12-17-47-16-5-6-19-58(47)59)54-42-34-50(35-43-54)60-24-13-26-64-65-27-14-25-61(69(65)72-68(60)64)51-36-44-55(45-37-51)71-66-28-9-7-20-62(66)63-21-8-10-29-67(63)71/h3-45H,1H2,2H3/b18-4-. The largest absolute Gasteiger partial charge is 0.455 e. The molecule has 0 N–H and O–H groups in total. The normalized spacial score (nSPS) is 11.7. The molecule has 0 fully saturated rings. The molecule has 0 radical (unpaired) electrons. The molecule has 0 amide bonds. The average Bonchev–Trinajstić information content (AvgIpc) is 4.00. The van der Waals surface area contributed by atoms with Gasteiger partial charge >= 0.3 is 0 Å². The average molecular weight is 921 g/mol. The third-order valence-corrected chi connectivity index (χ3v) is 14.4. The lowest BCUT2D eigenvalue weighted by molar-refractivity contribution is 0.671. The van der Waals surface area contributed by atoms with Crippen LogP contribution < -0.4 is 4.90 Å². The van der Waals surface area contributed by atoms with E-state index >= 15 is 0 Å². The number of benzene rings is 11. The molecule has 2 heterocycles. The lowest BCUT2D eigenvalue weighted by Gasteiger charge is -2.26. The molecule has 0 saturated carbocycles. The Morgan fingerprint density at radius 2 is 0.806 bits per heavy atom. The van der Waals surface area contributed by atoms with Gasteiger partial charge in [0.2, 0.25) is 0 Å². The van der Waals surface area contributed by atoms with Crippen molar-refractivity contribution >= 4 is 77.7 Å². The van der Waals surface area contributed by atoms with Crippen LogP contribution in [0.5, 0.6) is 0 Å². The van der Waals surface area contributed by atoms with E-state index in [0.29, 0.717) is 0 Å². The van der Waals surface area contributed by atoms with E-state index < -0.39 is 0 Å². The van der Waals surface area contributed by atoms with Crippen molar-refractivity contribution in [3.8, 4) is 50.2 Å². The Hall–Kier alpha value is -9.44. The number of allylic oxidation sites excluding steroid dienone is 2. The first-order chi connectivity index (χ1) is 35.6. The van der Waals surface area contributed by atoms with E-state index in [4.69, 9.17) is 4.42 Å². The monoisotopic (exact) mass is 920 g/mol. The molecule has 0 aliphatic heterocycles. The van der Waals surface area contributed by atoms with E-state index in [2.05, 4.69) is 272 Å². The zero-order valence-corrected chi connectivity index (χ0v) is 39.8. The minimum Gasteiger partial charge on any atom is -0.455 e. The quantitative estimate of drug-likeness (QED) is 0.127. The smallest absolute Gasteiger partial charge is 0.143 e. The van der Waals surface area contributed by atoms with Crippen molar-refractivity contribution in [2.24, 2.45) is 0 Å². The lowest BCUT2D eigenvalue weighted by atomic mass is 9.95. The third kappa shape index (κ3) is 7.30. The molecule has 2 aromatic heterocycles. The van der Waals surface area contributed by atoms with Gasteiger partial charge in [0.05, 0.1) is 11.0 Å². The van der Waals surface area contributed by atoms with Crippen LogP contribution in [0.15, 0.2) is 266 Å². The van der Waals surface area contributed by atoms with Crippen molar-refractivity contribution in [2.75, 3.05) is 4.90 Å². The van der Waals surface area contributed by atoms with Crippen LogP contribution in [0.1, 0.15) is 11.1 Å². The Bertz CT molecular complexity index is 4150. The van der Waals surface area contributed by atoms with Gasteiger partial charge in [0.25, 0.3) is 0 Å². The summed E-state index contributed by atoms with van der Waals surface area (Å²) in [6.07, 6.45) is 5.98. The van der Waals surface area contributed by atoms with Crippen LogP contribution in [-0.2, 0) is 0 Å². The summed E-state index contributed by atoms with van der Waals surface area (Å²) in [5, 5.41) is 7.19. The minimum atomic E-state index is 0.879. The number of furan rings is 1. The van der Waals surface area contributed by atoms with Gasteiger partial charge in [0, 0.05) is 55.4 Å². The highest BCUT2D eigenvalue weighted by atomic mass is 16.3. The van der Waals surface area contributed by atoms with Crippen molar-refractivity contribution in [3.63, 3.8) is 0 Å². The van der Waals surface area contributed by atoms with Gasteiger partial charge in [0.15, 0.2) is 0 Å². The van der Waals surface area contributed by atoms with Gasteiger partial charge in [-0.25, -0.2) is 0 Å². The summed E-state index contributed by atoms with van der Waals surface area (Å²) in [6.45, 7) is 6.07. The number of aryl methyl sites for hydroxylation is 1. The molecule has 0 unspecified atom stereocenters. The number of aromatic nitrogens is 1. The number of hydrogen-bond acceptors (Lipinski definition) is 2. The first-order valence-electron chi connectivity index (χ1n) is 24.6. The van der Waals surface area contributed by atoms with E-state index in [1.165, 1.54) is 60.4 Å². The maximum atomic E-state index is 6.99. The van der Waals surface area contributed by atoms with Gasteiger partial charge in [-0.3, -0.25) is 0 Å². The molecule has 340 valence electrons. The van der Waals surface area contributed by atoms with Gasteiger partial charge in [-0.2, -0.15) is 0 Å². The fraction of sp³-hybridized carbons (Fsp3) is 0.0145. The maximum Gasteiger partial charge on any atom is 0.143 e. The molecule has 3 heteroatoms. The van der Waals surface area contributed by atoms with Crippen molar-refractivity contribution < 1.29 is 4.42 Å². The summed E-state index contributed by atoms with van der Waals surface area (Å²) in [7, 11) is 0. The first-order valence-corrected chi connectivity index (χ1v) is 24.6. The summed E-state index contributed by atoms with van der Waals surface area (Å²) in [6, 6.07) is 87.6. The van der Waals surface area contributed by atoms with E-state index in [9.17, 15) is 0 Å². The summed E-state index contributed by atoms with van der Waals surface area (Å²) in [5.74, 6) is 0. The molecule has 11 aromatic carbocycles. The van der Waals surface area contributed by atoms with Gasteiger partial charge in [0.1, 0.15) is 11.2 Å². The highest BCUT2D eigenvalue weighted by Crippen LogP contribution is 2.43. The third-order valence-electron chi connectivity index (χ3n) is 14.4. The summed E-state index contributed by atoms with van der Waals surface area (Å²) in [5.41, 5.74) is 20.0. The van der Waals surface area contributed by atoms with Crippen molar-refractivity contribution in [1.29, 1.82) is 0 Å². The Kier molecular flexibility index (Phi) is 10.6. The number of fused-ring (bicyclic) bond motifs is 7. The van der Waals surface area contributed by atoms with Crippen molar-refractivity contribution in [2.45, 2.75) is 6.92 Å². The maximum absolute atomic E-state index is 6.99. The second-order valence-corrected chi connectivity index (χ2v) is 18.5. The van der Waals surface area contributed by atoms with Crippen LogP contribution in [0, 0.1) is 6.92 Å². The van der Waals surface area contributed by atoms with Crippen LogP contribution in [0.4, 0.5) is 17.1 Å². The van der Waals surface area contributed by atoms with Gasteiger partial charge in [-0.05, 0) is 123 Å². The molecule has 3 nitrogen and oxygen atoms in total. The molecule has 13 aromatic rings. The topological polar surface area (TPSA) is 21.3 Å². The summed E-state index contributed by atoms with van der Waals surface area (Å²) >= 11 is 0. The predicted molar refractivity (Wildman–Crippen MR) is 306 cm³/mol. The molecule has 0 spiro atoms. The number of anilines is 3. The van der Waals surface area contributed by atoms with E-state index in [1.54, 1.807) is 0 Å². The molecule has 0 aliphatic carbocycles. The molecule has 0 aliphatic rings. The van der Waals surface area contributed by atoms with E-state index in [-0.39, 0.29) is 0 Å². The fourth-order valence-electron chi connectivity index (χ4n) is 10.9. The SMILES string of the molecule is C=C/C=C\c1c(C)cccc1-c1ccc(N(c2ccc(-c3cccc4ccccc34)cc2)c2ccc(-c3cccc4c3oc3c(-c5ccc(-n6c7ccccc7c7ccccc76)cc5)cccc34)cc2)cc1.